The van der Waals surface area contributed by atoms with Crippen LogP contribution in [0.4, 0.5) is 17.6 Å². The molecule has 0 aromatic carbocycles. The summed E-state index contributed by atoms with van der Waals surface area (Å²) in [6.07, 6.45) is 0. The first-order valence-corrected chi connectivity index (χ1v) is 3.30. The lowest BCUT2D eigenvalue weighted by Gasteiger charge is -2.16. The molecule has 6 heteroatoms. The molecule has 0 aromatic heterocycles. The fourth-order valence-corrected chi connectivity index (χ4v) is 0.438. The zero-order chi connectivity index (χ0) is 9.83. The first kappa shape index (κ1) is 11.6. The molecule has 12 heavy (non-hydrogen) atoms. The van der Waals surface area contributed by atoms with Crippen molar-refractivity contribution in [3.63, 3.8) is 0 Å². The van der Waals surface area contributed by atoms with Gasteiger partial charge >= 0.3 is 0 Å². The zero-order valence-electron chi connectivity index (χ0n) is 6.62. The molecule has 2 N–H and O–H groups in total. The molecule has 0 saturated heterocycles. The predicted octanol–water partition coefficient (Wildman–Crippen LogP) is 1.25. The molecule has 74 valence electrons. The van der Waals surface area contributed by atoms with Gasteiger partial charge in [0.1, 0.15) is 13.2 Å². The van der Waals surface area contributed by atoms with Crippen LogP contribution in [0.3, 0.4) is 0 Å². The minimum Gasteiger partial charge on any atom is -0.369 e. The average molecular weight is 189 g/mol. The Labute approximate surface area is 67.7 Å². The van der Waals surface area contributed by atoms with Gasteiger partial charge in [-0.3, -0.25) is 0 Å². The van der Waals surface area contributed by atoms with E-state index >= 15 is 0 Å². The van der Waals surface area contributed by atoms with E-state index in [1.165, 1.54) is 0 Å². The van der Waals surface area contributed by atoms with E-state index in [1.54, 1.807) is 0 Å². The fraction of sp³-hybridized carbons (Fsp3) is 1.00. The topological polar surface area (TPSA) is 35.2 Å². The highest BCUT2D eigenvalue weighted by atomic mass is 19.3. The summed E-state index contributed by atoms with van der Waals surface area (Å²) in [7, 11) is 0. The van der Waals surface area contributed by atoms with Crippen LogP contribution in [-0.2, 0) is 4.74 Å². The van der Waals surface area contributed by atoms with Gasteiger partial charge in [-0.15, -0.1) is 0 Å². The molecule has 0 bridgehead atoms. The fourth-order valence-electron chi connectivity index (χ4n) is 0.438. The second-order valence-electron chi connectivity index (χ2n) is 2.62. The number of hydrogen-bond acceptors (Lipinski definition) is 2. The molecule has 0 radical (unpaired) electrons. The molecular weight excluding hydrogens is 178 g/mol. The zero-order valence-corrected chi connectivity index (χ0v) is 6.62. The lowest BCUT2D eigenvalue weighted by atomic mass is 10.3. The maximum atomic E-state index is 12.2. The number of ether oxygens (including phenoxy) is 1. The molecule has 0 heterocycles. The van der Waals surface area contributed by atoms with E-state index in [1.807, 2.05) is 0 Å². The summed E-state index contributed by atoms with van der Waals surface area (Å²) >= 11 is 0. The first-order valence-electron chi connectivity index (χ1n) is 3.30. The van der Waals surface area contributed by atoms with Gasteiger partial charge in [0.15, 0.2) is 0 Å². The molecule has 0 fully saturated rings. The maximum absolute atomic E-state index is 12.2. The third-order valence-corrected chi connectivity index (χ3v) is 0.967. The van der Waals surface area contributed by atoms with Crippen LogP contribution in [0, 0.1) is 0 Å². The molecule has 0 spiro atoms. The molecule has 0 unspecified atom stereocenters. The SMILES string of the molecule is CC(F)(F)COCC(F)(F)CN. The predicted molar refractivity (Wildman–Crippen MR) is 35.4 cm³/mol. The van der Waals surface area contributed by atoms with Crippen molar-refractivity contribution >= 4 is 0 Å². The van der Waals surface area contributed by atoms with Gasteiger partial charge in [-0.05, 0) is 0 Å². The summed E-state index contributed by atoms with van der Waals surface area (Å²) in [6.45, 7) is -2.38. The van der Waals surface area contributed by atoms with Crippen molar-refractivity contribution in [2.75, 3.05) is 19.8 Å². The Bertz CT molecular complexity index is 134. The number of nitrogens with two attached hydrogens (primary N) is 1. The van der Waals surface area contributed by atoms with E-state index in [2.05, 4.69) is 10.5 Å². The van der Waals surface area contributed by atoms with E-state index in [0.717, 1.165) is 0 Å². The van der Waals surface area contributed by atoms with Crippen LogP contribution in [0.25, 0.3) is 0 Å². The number of rotatable bonds is 5. The highest BCUT2D eigenvalue weighted by molar-refractivity contribution is 4.66. The van der Waals surface area contributed by atoms with Crippen molar-refractivity contribution in [3.05, 3.63) is 0 Å². The summed E-state index contributed by atoms with van der Waals surface area (Å²) < 4.78 is 52.5. The van der Waals surface area contributed by atoms with Gasteiger partial charge in [-0.2, -0.15) is 0 Å². The summed E-state index contributed by atoms with van der Waals surface area (Å²) in [4.78, 5) is 0. The first-order chi connectivity index (χ1) is 5.27. The van der Waals surface area contributed by atoms with Crippen LogP contribution < -0.4 is 5.73 Å². The summed E-state index contributed by atoms with van der Waals surface area (Å²) in [5.41, 5.74) is 4.64. The van der Waals surface area contributed by atoms with Gasteiger partial charge in [-0.25, -0.2) is 17.6 Å². The van der Waals surface area contributed by atoms with Crippen LogP contribution in [0.1, 0.15) is 6.92 Å². The second-order valence-corrected chi connectivity index (χ2v) is 2.62. The van der Waals surface area contributed by atoms with Crippen molar-refractivity contribution in [1.82, 2.24) is 0 Å². The van der Waals surface area contributed by atoms with Crippen LogP contribution in [0.2, 0.25) is 0 Å². The third kappa shape index (κ3) is 6.36. The van der Waals surface area contributed by atoms with E-state index < -0.39 is 31.6 Å². The standard InChI is InChI=1S/C6H11F4NO/c1-5(7,8)3-12-4-6(9,10)2-11/h2-4,11H2,1H3. The van der Waals surface area contributed by atoms with Gasteiger partial charge in [0, 0.05) is 6.92 Å². The smallest absolute Gasteiger partial charge is 0.282 e. The van der Waals surface area contributed by atoms with E-state index in [-0.39, 0.29) is 0 Å². The Morgan fingerprint density at radius 1 is 1.17 bits per heavy atom. The van der Waals surface area contributed by atoms with E-state index in [0.29, 0.717) is 6.92 Å². The van der Waals surface area contributed by atoms with Gasteiger partial charge < -0.3 is 10.5 Å². The van der Waals surface area contributed by atoms with Crippen LogP contribution in [-0.4, -0.2) is 31.6 Å². The molecule has 0 atom stereocenters. The Balaban J connectivity index is 3.57. The Kier molecular flexibility index (Phi) is 3.92. The Morgan fingerprint density at radius 2 is 1.67 bits per heavy atom. The number of halogens is 4. The third-order valence-electron chi connectivity index (χ3n) is 0.967. The quantitative estimate of drug-likeness (QED) is 0.660. The summed E-state index contributed by atoms with van der Waals surface area (Å²) in [5, 5.41) is 0. The van der Waals surface area contributed by atoms with Crippen LogP contribution in [0.15, 0.2) is 0 Å². The van der Waals surface area contributed by atoms with Gasteiger partial charge in [0.05, 0.1) is 6.54 Å². The van der Waals surface area contributed by atoms with Crippen molar-refractivity contribution < 1.29 is 22.3 Å². The van der Waals surface area contributed by atoms with Crippen molar-refractivity contribution in [1.29, 1.82) is 0 Å². The van der Waals surface area contributed by atoms with Crippen molar-refractivity contribution in [3.8, 4) is 0 Å². The van der Waals surface area contributed by atoms with E-state index in [4.69, 9.17) is 0 Å². The van der Waals surface area contributed by atoms with Gasteiger partial charge in [0.25, 0.3) is 11.8 Å². The Morgan fingerprint density at radius 3 is 2.00 bits per heavy atom. The van der Waals surface area contributed by atoms with Crippen molar-refractivity contribution in [2.45, 2.75) is 18.8 Å². The number of alkyl halides is 4. The molecule has 0 aliphatic heterocycles. The molecular formula is C6H11F4NO. The summed E-state index contributed by atoms with van der Waals surface area (Å²) in [5.74, 6) is -6.30. The van der Waals surface area contributed by atoms with Gasteiger partial charge in [0.2, 0.25) is 0 Å². The number of hydrogen-bond donors (Lipinski definition) is 1. The lowest BCUT2D eigenvalue weighted by Crippen LogP contribution is -2.34. The molecule has 0 saturated carbocycles. The maximum Gasteiger partial charge on any atom is 0.282 e. The van der Waals surface area contributed by atoms with E-state index in [9.17, 15) is 17.6 Å². The van der Waals surface area contributed by atoms with Crippen molar-refractivity contribution in [2.24, 2.45) is 5.73 Å². The monoisotopic (exact) mass is 189 g/mol. The molecule has 0 aromatic rings. The highest BCUT2D eigenvalue weighted by Crippen LogP contribution is 2.15. The Hall–Kier alpha value is -0.360. The minimum absolute atomic E-state index is 0.591. The molecule has 0 aliphatic carbocycles. The highest BCUT2D eigenvalue weighted by Gasteiger charge is 2.29. The second kappa shape index (κ2) is 4.04. The van der Waals surface area contributed by atoms with Crippen LogP contribution >= 0.6 is 0 Å². The van der Waals surface area contributed by atoms with Crippen LogP contribution in [0.5, 0.6) is 0 Å². The molecule has 0 aliphatic rings. The molecule has 0 rings (SSSR count). The minimum atomic E-state index is -3.22. The average Bonchev–Trinajstić information content (AvgIpc) is 1.84. The molecule has 2 nitrogen and oxygen atoms in total. The summed E-state index contributed by atoms with van der Waals surface area (Å²) in [6, 6.07) is 0. The molecule has 0 amide bonds. The normalized spacial score (nSPS) is 13.5. The lowest BCUT2D eigenvalue weighted by molar-refractivity contribution is -0.118. The largest absolute Gasteiger partial charge is 0.369 e. The van der Waals surface area contributed by atoms with Gasteiger partial charge in [-0.1, -0.05) is 0 Å².